The van der Waals surface area contributed by atoms with Gasteiger partial charge in [0.15, 0.2) is 5.82 Å². The molecule has 0 amide bonds. The molecule has 1 N–H and O–H groups in total. The van der Waals surface area contributed by atoms with E-state index in [1.807, 2.05) is 0 Å². The lowest BCUT2D eigenvalue weighted by molar-refractivity contribution is 0.353. The van der Waals surface area contributed by atoms with Gasteiger partial charge < -0.3 is 9.84 Å². The molecule has 4 nitrogen and oxygen atoms in total. The van der Waals surface area contributed by atoms with E-state index in [9.17, 15) is 0 Å². The average Bonchev–Trinajstić information content (AvgIpc) is 2.70. The predicted octanol–water partition coefficient (Wildman–Crippen LogP) is 2.47. The maximum Gasteiger partial charge on any atom is 0.240 e. The van der Waals surface area contributed by atoms with Gasteiger partial charge in [-0.3, -0.25) is 0 Å². The van der Waals surface area contributed by atoms with E-state index in [0.29, 0.717) is 29.8 Å². The number of hydrogen-bond donors (Lipinski definition) is 1. The van der Waals surface area contributed by atoms with E-state index in [1.165, 1.54) is 6.42 Å². The summed E-state index contributed by atoms with van der Waals surface area (Å²) in [4.78, 5) is 4.43. The minimum atomic E-state index is 0.366. The van der Waals surface area contributed by atoms with Crippen molar-refractivity contribution < 1.29 is 4.52 Å². The third-order valence-electron chi connectivity index (χ3n) is 3.52. The minimum Gasteiger partial charge on any atom is -0.338 e. The van der Waals surface area contributed by atoms with E-state index >= 15 is 0 Å². The molecule has 1 heterocycles. The molecular formula is C12H21N3O. The van der Waals surface area contributed by atoms with Crippen molar-refractivity contribution in [2.75, 3.05) is 0 Å². The number of hydrogen-bond acceptors (Lipinski definition) is 4. The Balaban J connectivity index is 1.88. The van der Waals surface area contributed by atoms with Crippen molar-refractivity contribution in [3.8, 4) is 0 Å². The Hall–Kier alpha value is -0.900. The highest BCUT2D eigenvalue weighted by molar-refractivity contribution is 5.14. The molecule has 0 radical (unpaired) electrons. The molecule has 1 aromatic heterocycles. The summed E-state index contributed by atoms with van der Waals surface area (Å²) in [6, 6.07) is 0.493. The molecule has 0 bridgehead atoms. The van der Waals surface area contributed by atoms with Crippen LogP contribution in [0.1, 0.15) is 58.2 Å². The fourth-order valence-corrected chi connectivity index (χ4v) is 1.80. The first-order valence-corrected chi connectivity index (χ1v) is 6.09. The Morgan fingerprint density at radius 2 is 2.25 bits per heavy atom. The topological polar surface area (TPSA) is 51.0 Å². The Kier molecular flexibility index (Phi) is 3.02. The summed E-state index contributed by atoms with van der Waals surface area (Å²) in [6.45, 7) is 9.47. The fourth-order valence-electron chi connectivity index (χ4n) is 1.80. The van der Waals surface area contributed by atoms with Gasteiger partial charge in [-0.1, -0.05) is 25.9 Å². The smallest absolute Gasteiger partial charge is 0.240 e. The lowest BCUT2D eigenvalue weighted by Crippen LogP contribution is -2.24. The van der Waals surface area contributed by atoms with Crippen LogP contribution in [0.15, 0.2) is 4.52 Å². The van der Waals surface area contributed by atoms with Crippen LogP contribution in [-0.4, -0.2) is 16.2 Å². The molecule has 2 rings (SSSR count). The van der Waals surface area contributed by atoms with Gasteiger partial charge in [-0.15, -0.1) is 0 Å². The third kappa shape index (κ3) is 2.43. The van der Waals surface area contributed by atoms with Gasteiger partial charge in [-0.2, -0.15) is 4.98 Å². The van der Waals surface area contributed by atoms with Gasteiger partial charge in [0, 0.05) is 12.0 Å². The summed E-state index contributed by atoms with van der Waals surface area (Å²) in [5.41, 5.74) is 0.366. The van der Waals surface area contributed by atoms with E-state index in [2.05, 4.69) is 43.2 Å². The second-order valence-electron chi connectivity index (χ2n) is 5.48. The molecular weight excluding hydrogens is 202 g/mol. The predicted molar refractivity (Wildman–Crippen MR) is 62.0 cm³/mol. The Labute approximate surface area is 96.8 Å². The van der Waals surface area contributed by atoms with E-state index in [4.69, 9.17) is 4.52 Å². The molecule has 0 saturated heterocycles. The lowest BCUT2D eigenvalue weighted by atomic mass is 10.1. The van der Waals surface area contributed by atoms with Gasteiger partial charge >= 0.3 is 0 Å². The van der Waals surface area contributed by atoms with Gasteiger partial charge in [-0.25, -0.2) is 0 Å². The molecule has 4 heteroatoms. The highest BCUT2D eigenvalue weighted by Gasteiger charge is 2.49. The minimum absolute atomic E-state index is 0.366. The Bertz CT molecular complexity index is 359. The summed E-state index contributed by atoms with van der Waals surface area (Å²) in [5.74, 6) is 2.08. The molecule has 0 spiro atoms. The first-order chi connectivity index (χ1) is 7.53. The number of nitrogens with one attached hydrogen (secondary N) is 1. The Morgan fingerprint density at radius 3 is 2.81 bits per heavy atom. The van der Waals surface area contributed by atoms with E-state index in [1.54, 1.807) is 0 Å². The highest BCUT2D eigenvalue weighted by Crippen LogP contribution is 2.57. The van der Waals surface area contributed by atoms with E-state index in [0.717, 1.165) is 12.2 Å². The molecule has 16 heavy (non-hydrogen) atoms. The summed E-state index contributed by atoms with van der Waals surface area (Å²) >= 11 is 0. The Morgan fingerprint density at radius 1 is 1.56 bits per heavy atom. The van der Waals surface area contributed by atoms with Crippen molar-refractivity contribution in [1.29, 1.82) is 0 Å². The molecule has 90 valence electrons. The zero-order valence-electron chi connectivity index (χ0n) is 10.6. The largest absolute Gasteiger partial charge is 0.338 e. The van der Waals surface area contributed by atoms with E-state index < -0.39 is 0 Å². The zero-order valence-corrected chi connectivity index (χ0v) is 10.6. The molecule has 2 unspecified atom stereocenters. The summed E-state index contributed by atoms with van der Waals surface area (Å²) in [5, 5.41) is 7.40. The average molecular weight is 223 g/mol. The molecule has 1 aliphatic rings. The van der Waals surface area contributed by atoms with Crippen molar-refractivity contribution in [2.45, 2.75) is 59.0 Å². The molecule has 2 atom stereocenters. The number of rotatable bonds is 5. The first kappa shape index (κ1) is 11.6. The highest BCUT2D eigenvalue weighted by atomic mass is 16.5. The summed E-state index contributed by atoms with van der Waals surface area (Å²) < 4.78 is 5.23. The van der Waals surface area contributed by atoms with Gasteiger partial charge in [-0.05, 0) is 25.2 Å². The normalized spacial score (nSPS) is 24.4. The van der Waals surface area contributed by atoms with Crippen LogP contribution in [0.5, 0.6) is 0 Å². The first-order valence-electron chi connectivity index (χ1n) is 6.09. The molecule has 1 saturated carbocycles. The third-order valence-corrected chi connectivity index (χ3v) is 3.52. The maximum atomic E-state index is 5.23. The van der Waals surface area contributed by atoms with Crippen LogP contribution in [0, 0.1) is 5.41 Å². The quantitative estimate of drug-likeness (QED) is 0.833. The second kappa shape index (κ2) is 4.17. The van der Waals surface area contributed by atoms with Crippen LogP contribution in [-0.2, 0) is 6.54 Å². The monoisotopic (exact) mass is 223 g/mol. The molecule has 0 aliphatic heterocycles. The maximum absolute atomic E-state index is 5.23. The summed E-state index contributed by atoms with van der Waals surface area (Å²) in [7, 11) is 0. The van der Waals surface area contributed by atoms with Crippen molar-refractivity contribution in [1.82, 2.24) is 15.5 Å². The van der Waals surface area contributed by atoms with Crippen LogP contribution in [0.4, 0.5) is 0 Å². The van der Waals surface area contributed by atoms with Gasteiger partial charge in [0.25, 0.3) is 0 Å². The van der Waals surface area contributed by atoms with Crippen LogP contribution >= 0.6 is 0 Å². The summed E-state index contributed by atoms with van der Waals surface area (Å²) in [6.07, 6.45) is 2.28. The van der Waals surface area contributed by atoms with Gasteiger partial charge in [0.2, 0.25) is 5.89 Å². The molecule has 0 aromatic carbocycles. The fraction of sp³-hybridized carbons (Fsp3) is 0.833. The SMILES string of the molecule is CCC(C)NCc1nc(C2CC2(C)C)no1. The van der Waals surface area contributed by atoms with Crippen LogP contribution in [0.2, 0.25) is 0 Å². The van der Waals surface area contributed by atoms with Gasteiger partial charge in [0.05, 0.1) is 6.54 Å². The van der Waals surface area contributed by atoms with Crippen LogP contribution in [0.25, 0.3) is 0 Å². The van der Waals surface area contributed by atoms with Crippen LogP contribution < -0.4 is 5.32 Å². The van der Waals surface area contributed by atoms with Crippen molar-refractivity contribution in [3.63, 3.8) is 0 Å². The molecule has 1 aliphatic carbocycles. The number of aromatic nitrogens is 2. The second-order valence-corrected chi connectivity index (χ2v) is 5.48. The standard InChI is InChI=1S/C12H21N3O/c1-5-8(2)13-7-10-14-11(15-16-10)9-6-12(9,3)4/h8-9,13H,5-7H2,1-4H3. The van der Waals surface area contributed by atoms with Crippen molar-refractivity contribution in [2.24, 2.45) is 5.41 Å². The number of nitrogens with zero attached hydrogens (tertiary/aromatic N) is 2. The van der Waals surface area contributed by atoms with Crippen molar-refractivity contribution in [3.05, 3.63) is 11.7 Å². The van der Waals surface area contributed by atoms with E-state index in [-0.39, 0.29) is 0 Å². The zero-order chi connectivity index (χ0) is 11.8. The van der Waals surface area contributed by atoms with Crippen LogP contribution in [0.3, 0.4) is 0 Å². The van der Waals surface area contributed by atoms with Gasteiger partial charge in [0.1, 0.15) is 0 Å². The van der Waals surface area contributed by atoms with Crippen molar-refractivity contribution >= 4 is 0 Å². The molecule has 1 fully saturated rings. The molecule has 1 aromatic rings. The lowest BCUT2D eigenvalue weighted by Gasteiger charge is -2.07.